The van der Waals surface area contributed by atoms with Gasteiger partial charge in [0.1, 0.15) is 0 Å². The zero-order valence-electron chi connectivity index (χ0n) is 14.5. The summed E-state index contributed by atoms with van der Waals surface area (Å²) in [5.41, 5.74) is 1.38. The predicted octanol–water partition coefficient (Wildman–Crippen LogP) is 6.33. The van der Waals surface area contributed by atoms with Crippen LogP contribution >= 0.6 is 0 Å². The van der Waals surface area contributed by atoms with Crippen molar-refractivity contribution in [3.05, 3.63) is 35.9 Å². The summed E-state index contributed by atoms with van der Waals surface area (Å²) in [6.07, 6.45) is 7.09. The number of hydrogen-bond acceptors (Lipinski definition) is 1. The molecule has 1 aromatic rings. The molecule has 0 saturated heterocycles. The second-order valence-corrected chi connectivity index (χ2v) is 12.9. The van der Waals surface area contributed by atoms with Gasteiger partial charge in [0.15, 0.2) is 8.32 Å². The molecule has 118 valence electrons. The van der Waals surface area contributed by atoms with Crippen LogP contribution in [0.25, 0.3) is 0 Å². The minimum absolute atomic E-state index is 0.273. The highest BCUT2D eigenvalue weighted by atomic mass is 28.4. The highest BCUT2D eigenvalue weighted by molar-refractivity contribution is 6.74. The van der Waals surface area contributed by atoms with Crippen molar-refractivity contribution >= 4 is 8.32 Å². The Hall–Kier alpha value is -0.603. The van der Waals surface area contributed by atoms with E-state index >= 15 is 0 Å². The Morgan fingerprint density at radius 3 is 2.10 bits per heavy atom. The molecule has 1 atom stereocenters. The van der Waals surface area contributed by atoms with Gasteiger partial charge in [-0.3, -0.25) is 0 Å². The van der Waals surface area contributed by atoms with E-state index in [1.807, 2.05) is 0 Å². The van der Waals surface area contributed by atoms with E-state index in [0.29, 0.717) is 12.0 Å². The third-order valence-electron chi connectivity index (χ3n) is 5.43. The van der Waals surface area contributed by atoms with Gasteiger partial charge in [-0.15, -0.1) is 0 Å². The van der Waals surface area contributed by atoms with E-state index < -0.39 is 8.32 Å². The molecule has 1 aliphatic rings. The highest BCUT2D eigenvalue weighted by Crippen LogP contribution is 2.44. The third kappa shape index (κ3) is 4.20. The summed E-state index contributed by atoms with van der Waals surface area (Å²) in [4.78, 5) is 0. The standard InChI is InChI=1S/C19H32OSi/c1-19(2,3)21(4,5)20-18(16-12-8-6-9-13-16)17-14-10-7-11-15-17/h6,8-9,12-13,17-18H,7,10-11,14-15H2,1-5H3. The Morgan fingerprint density at radius 1 is 1.00 bits per heavy atom. The Kier molecular flexibility index (Phi) is 5.32. The Bertz CT molecular complexity index is 427. The molecule has 1 unspecified atom stereocenters. The van der Waals surface area contributed by atoms with Gasteiger partial charge in [-0.1, -0.05) is 70.4 Å². The lowest BCUT2D eigenvalue weighted by Crippen LogP contribution is -2.43. The van der Waals surface area contributed by atoms with Crippen LogP contribution in [0.2, 0.25) is 18.1 Å². The molecular formula is C19H32OSi. The first kappa shape index (κ1) is 16.8. The van der Waals surface area contributed by atoms with Crippen molar-refractivity contribution in [1.29, 1.82) is 0 Å². The Labute approximate surface area is 132 Å². The lowest BCUT2D eigenvalue weighted by atomic mass is 9.83. The van der Waals surface area contributed by atoms with Crippen molar-refractivity contribution in [1.82, 2.24) is 0 Å². The summed E-state index contributed by atoms with van der Waals surface area (Å²) in [7, 11) is -1.73. The molecule has 0 bridgehead atoms. The predicted molar refractivity (Wildman–Crippen MR) is 94.0 cm³/mol. The van der Waals surface area contributed by atoms with Crippen LogP contribution in [0.1, 0.15) is 64.5 Å². The monoisotopic (exact) mass is 304 g/mol. The molecular weight excluding hydrogens is 272 g/mol. The molecule has 2 rings (SSSR count). The van der Waals surface area contributed by atoms with Gasteiger partial charge in [-0.05, 0) is 42.5 Å². The topological polar surface area (TPSA) is 9.23 Å². The molecule has 0 radical (unpaired) electrons. The minimum atomic E-state index is -1.73. The zero-order chi connectivity index (χ0) is 15.5. The van der Waals surface area contributed by atoms with Crippen LogP contribution in [0.5, 0.6) is 0 Å². The first-order valence-corrected chi connectivity index (χ1v) is 11.4. The van der Waals surface area contributed by atoms with E-state index in [0.717, 1.165) is 0 Å². The maximum atomic E-state index is 6.87. The van der Waals surface area contributed by atoms with Gasteiger partial charge in [-0.25, -0.2) is 0 Å². The van der Waals surface area contributed by atoms with Crippen molar-refractivity contribution in [3.8, 4) is 0 Å². The molecule has 1 saturated carbocycles. The van der Waals surface area contributed by atoms with E-state index in [4.69, 9.17) is 4.43 Å². The average molecular weight is 305 g/mol. The largest absolute Gasteiger partial charge is 0.410 e. The van der Waals surface area contributed by atoms with Gasteiger partial charge in [0.2, 0.25) is 0 Å². The first-order chi connectivity index (χ1) is 9.81. The second-order valence-electron chi connectivity index (χ2n) is 8.11. The van der Waals surface area contributed by atoms with E-state index in [2.05, 4.69) is 64.2 Å². The SMILES string of the molecule is CC(C)(C)[Si](C)(C)OC(c1ccccc1)C1CCCCC1. The quantitative estimate of drug-likeness (QED) is 0.590. The number of rotatable bonds is 4. The van der Waals surface area contributed by atoms with Gasteiger partial charge in [0, 0.05) is 0 Å². The molecule has 2 heteroatoms. The summed E-state index contributed by atoms with van der Waals surface area (Å²) < 4.78 is 6.87. The van der Waals surface area contributed by atoms with Crippen LogP contribution in [0.4, 0.5) is 0 Å². The molecule has 1 aliphatic carbocycles. The fourth-order valence-corrected chi connectivity index (χ4v) is 4.33. The van der Waals surface area contributed by atoms with Crippen LogP contribution in [-0.2, 0) is 4.43 Å². The molecule has 21 heavy (non-hydrogen) atoms. The maximum absolute atomic E-state index is 6.87. The van der Waals surface area contributed by atoms with Gasteiger partial charge in [0.05, 0.1) is 6.10 Å². The molecule has 1 fully saturated rings. The van der Waals surface area contributed by atoms with E-state index in [9.17, 15) is 0 Å². The van der Waals surface area contributed by atoms with Crippen LogP contribution < -0.4 is 0 Å². The Morgan fingerprint density at radius 2 is 1.57 bits per heavy atom. The Balaban J connectivity index is 2.24. The van der Waals surface area contributed by atoms with E-state index in [1.165, 1.54) is 37.7 Å². The smallest absolute Gasteiger partial charge is 0.192 e. The molecule has 1 aromatic carbocycles. The van der Waals surface area contributed by atoms with Crippen molar-refractivity contribution in [2.45, 2.75) is 77.1 Å². The highest BCUT2D eigenvalue weighted by Gasteiger charge is 2.41. The van der Waals surface area contributed by atoms with Gasteiger partial charge >= 0.3 is 0 Å². The van der Waals surface area contributed by atoms with Crippen molar-refractivity contribution in [3.63, 3.8) is 0 Å². The lowest BCUT2D eigenvalue weighted by Gasteiger charge is -2.42. The zero-order valence-corrected chi connectivity index (χ0v) is 15.5. The van der Waals surface area contributed by atoms with Gasteiger partial charge in [-0.2, -0.15) is 0 Å². The summed E-state index contributed by atoms with van der Waals surface area (Å²) >= 11 is 0. The number of hydrogen-bond donors (Lipinski definition) is 0. The van der Waals surface area contributed by atoms with Gasteiger partial charge < -0.3 is 4.43 Å². The van der Waals surface area contributed by atoms with Crippen molar-refractivity contribution < 1.29 is 4.43 Å². The minimum Gasteiger partial charge on any atom is -0.410 e. The van der Waals surface area contributed by atoms with Gasteiger partial charge in [0.25, 0.3) is 0 Å². The summed E-state index contributed by atoms with van der Waals surface area (Å²) in [5, 5.41) is 0.273. The fraction of sp³-hybridized carbons (Fsp3) is 0.684. The van der Waals surface area contributed by atoms with Crippen molar-refractivity contribution in [2.24, 2.45) is 5.92 Å². The molecule has 0 N–H and O–H groups in total. The maximum Gasteiger partial charge on any atom is 0.192 e. The van der Waals surface area contributed by atoms with Crippen LogP contribution in [0.3, 0.4) is 0 Å². The lowest BCUT2D eigenvalue weighted by molar-refractivity contribution is 0.0937. The first-order valence-electron chi connectivity index (χ1n) is 8.54. The summed E-state index contributed by atoms with van der Waals surface area (Å²) in [6, 6.07) is 10.9. The van der Waals surface area contributed by atoms with E-state index in [-0.39, 0.29) is 5.04 Å². The molecule has 0 amide bonds. The fourth-order valence-electron chi connectivity index (χ4n) is 3.01. The van der Waals surface area contributed by atoms with Crippen LogP contribution in [0.15, 0.2) is 30.3 Å². The average Bonchev–Trinajstić information content (AvgIpc) is 2.45. The molecule has 0 aliphatic heterocycles. The summed E-state index contributed by atoms with van der Waals surface area (Å²) in [5.74, 6) is 0.704. The number of benzene rings is 1. The van der Waals surface area contributed by atoms with Crippen LogP contribution in [-0.4, -0.2) is 8.32 Å². The second kappa shape index (κ2) is 6.66. The molecule has 0 spiro atoms. The molecule has 0 heterocycles. The van der Waals surface area contributed by atoms with E-state index in [1.54, 1.807) is 0 Å². The third-order valence-corrected chi connectivity index (χ3v) is 9.89. The molecule has 0 aromatic heterocycles. The summed E-state index contributed by atoms with van der Waals surface area (Å²) in [6.45, 7) is 11.8. The molecule has 1 nitrogen and oxygen atoms in total. The van der Waals surface area contributed by atoms with Crippen LogP contribution in [0, 0.1) is 5.92 Å². The van der Waals surface area contributed by atoms with Crippen molar-refractivity contribution in [2.75, 3.05) is 0 Å². The normalized spacial score (nSPS) is 19.5.